The zero-order chi connectivity index (χ0) is 9.35. The molecule has 0 unspecified atom stereocenters. The summed E-state index contributed by atoms with van der Waals surface area (Å²) in [6.45, 7) is 0. The monoisotopic (exact) mass is 223 g/mol. The van der Waals surface area contributed by atoms with Crippen molar-refractivity contribution >= 4 is 32.9 Å². The maximum Gasteiger partial charge on any atom is 0.0841 e. The van der Waals surface area contributed by atoms with Crippen LogP contribution in [-0.2, 0) is 9.73 Å². The molecule has 0 aliphatic carbocycles. The molecule has 5 heteroatoms. The summed E-state index contributed by atoms with van der Waals surface area (Å²) < 4.78 is 18.6. The van der Waals surface area contributed by atoms with E-state index in [-0.39, 0.29) is 14.9 Å². The molecule has 1 atom stereocenters. The van der Waals surface area contributed by atoms with E-state index < -0.39 is 9.73 Å². The highest BCUT2D eigenvalue weighted by atomic mass is 35.5. The van der Waals surface area contributed by atoms with Crippen LogP contribution in [-0.4, -0.2) is 10.5 Å². The highest BCUT2D eigenvalue weighted by Gasteiger charge is 2.12. The van der Waals surface area contributed by atoms with Crippen molar-refractivity contribution in [2.24, 2.45) is 0 Å². The van der Waals surface area contributed by atoms with Crippen LogP contribution in [0, 0.1) is 4.78 Å². The van der Waals surface area contributed by atoms with Crippen LogP contribution in [0.3, 0.4) is 0 Å². The van der Waals surface area contributed by atoms with E-state index in [0.29, 0.717) is 0 Å². The number of hydrogen-bond donors (Lipinski definition) is 1. The summed E-state index contributed by atoms with van der Waals surface area (Å²) in [5, 5.41) is 0.565. The molecule has 0 aromatic heterocycles. The first-order chi connectivity index (χ1) is 5.43. The van der Waals surface area contributed by atoms with Crippen LogP contribution in [0.2, 0.25) is 10.0 Å². The summed E-state index contributed by atoms with van der Waals surface area (Å²) in [7, 11) is -2.83. The van der Waals surface area contributed by atoms with Crippen LogP contribution >= 0.6 is 23.2 Å². The molecule has 0 amide bonds. The number of benzene rings is 1. The Balaban J connectivity index is 3.53. The van der Waals surface area contributed by atoms with Crippen LogP contribution in [0.4, 0.5) is 0 Å². The van der Waals surface area contributed by atoms with Crippen molar-refractivity contribution in [1.82, 2.24) is 0 Å². The maximum atomic E-state index is 11.3. The van der Waals surface area contributed by atoms with Gasteiger partial charge in [0.05, 0.1) is 24.7 Å². The SMILES string of the molecule is C[S@@](=N)(=O)c1c(Cl)cccc1Cl. The molecule has 0 heterocycles. The highest BCUT2D eigenvalue weighted by Crippen LogP contribution is 2.28. The molecule has 0 bridgehead atoms. The van der Waals surface area contributed by atoms with Gasteiger partial charge in [-0.15, -0.1) is 0 Å². The van der Waals surface area contributed by atoms with Gasteiger partial charge in [-0.1, -0.05) is 29.3 Å². The van der Waals surface area contributed by atoms with Gasteiger partial charge in [-0.3, -0.25) is 0 Å². The van der Waals surface area contributed by atoms with Crippen LogP contribution in [0.25, 0.3) is 0 Å². The van der Waals surface area contributed by atoms with Gasteiger partial charge in [0, 0.05) is 6.26 Å². The van der Waals surface area contributed by atoms with Crippen LogP contribution in [0.15, 0.2) is 23.1 Å². The number of hydrogen-bond acceptors (Lipinski definition) is 2. The Labute approximate surface area is 81.5 Å². The molecular formula is C7H7Cl2NOS. The van der Waals surface area contributed by atoms with Crippen molar-refractivity contribution in [1.29, 1.82) is 4.78 Å². The second-order valence-corrected chi connectivity index (χ2v) is 5.30. The summed E-state index contributed by atoms with van der Waals surface area (Å²) in [6.07, 6.45) is 1.29. The standard InChI is InChI=1S/C7H7Cl2NOS/c1-12(10,11)7-5(8)3-2-4-6(7)9/h2-4,10H,1H3/t12-/m1/s1. The second kappa shape index (κ2) is 3.24. The highest BCUT2D eigenvalue weighted by molar-refractivity contribution is 7.92. The number of halogens is 2. The van der Waals surface area contributed by atoms with Crippen molar-refractivity contribution in [3.63, 3.8) is 0 Å². The zero-order valence-electron chi connectivity index (χ0n) is 6.30. The number of nitrogens with one attached hydrogen (secondary N) is 1. The fraction of sp³-hybridized carbons (Fsp3) is 0.143. The van der Waals surface area contributed by atoms with E-state index in [1.807, 2.05) is 0 Å². The second-order valence-electron chi connectivity index (χ2n) is 2.39. The molecule has 2 nitrogen and oxygen atoms in total. The normalized spacial score (nSPS) is 15.6. The molecule has 0 aliphatic rings. The van der Waals surface area contributed by atoms with Crippen LogP contribution < -0.4 is 0 Å². The van der Waals surface area contributed by atoms with E-state index in [9.17, 15) is 4.21 Å². The molecular weight excluding hydrogens is 217 g/mol. The van der Waals surface area contributed by atoms with Crippen molar-refractivity contribution < 1.29 is 4.21 Å². The van der Waals surface area contributed by atoms with Gasteiger partial charge in [0.2, 0.25) is 0 Å². The van der Waals surface area contributed by atoms with Crippen molar-refractivity contribution in [3.05, 3.63) is 28.2 Å². The van der Waals surface area contributed by atoms with Crippen molar-refractivity contribution in [3.8, 4) is 0 Å². The molecule has 0 fully saturated rings. The first kappa shape index (κ1) is 9.84. The first-order valence-electron chi connectivity index (χ1n) is 3.11. The minimum absolute atomic E-state index is 0.216. The average molecular weight is 224 g/mol. The largest absolute Gasteiger partial charge is 0.249 e. The Bertz CT molecular complexity index is 380. The molecule has 1 N–H and O–H groups in total. The fourth-order valence-electron chi connectivity index (χ4n) is 0.855. The lowest BCUT2D eigenvalue weighted by Gasteiger charge is -2.05. The van der Waals surface area contributed by atoms with Gasteiger partial charge in [-0.25, -0.2) is 8.99 Å². The molecule has 1 rings (SSSR count). The van der Waals surface area contributed by atoms with Gasteiger partial charge >= 0.3 is 0 Å². The summed E-state index contributed by atoms with van der Waals surface area (Å²) in [4.78, 5) is 0.216. The lowest BCUT2D eigenvalue weighted by molar-refractivity contribution is 0.679. The van der Waals surface area contributed by atoms with Gasteiger partial charge in [0.15, 0.2) is 0 Å². The van der Waals surface area contributed by atoms with E-state index in [1.54, 1.807) is 18.2 Å². The molecule has 0 saturated heterocycles. The van der Waals surface area contributed by atoms with Gasteiger partial charge in [0.25, 0.3) is 0 Å². The quantitative estimate of drug-likeness (QED) is 0.782. The van der Waals surface area contributed by atoms with Gasteiger partial charge in [-0.05, 0) is 12.1 Å². The molecule has 1 aromatic rings. The molecule has 0 radical (unpaired) electrons. The van der Waals surface area contributed by atoms with Crippen LogP contribution in [0.5, 0.6) is 0 Å². The Morgan fingerprint density at radius 2 is 1.75 bits per heavy atom. The lowest BCUT2D eigenvalue weighted by Crippen LogP contribution is -1.96. The maximum absolute atomic E-state index is 11.3. The van der Waals surface area contributed by atoms with Gasteiger partial charge in [-0.2, -0.15) is 0 Å². The molecule has 12 heavy (non-hydrogen) atoms. The van der Waals surface area contributed by atoms with E-state index in [2.05, 4.69) is 0 Å². The molecule has 0 saturated carbocycles. The van der Waals surface area contributed by atoms with Crippen LogP contribution in [0.1, 0.15) is 0 Å². The minimum atomic E-state index is -2.83. The van der Waals surface area contributed by atoms with E-state index in [4.69, 9.17) is 28.0 Å². The first-order valence-corrected chi connectivity index (χ1v) is 5.83. The third-order valence-corrected chi connectivity index (χ3v) is 3.38. The Hall–Kier alpha value is -0.250. The molecule has 0 aliphatic heterocycles. The lowest BCUT2D eigenvalue weighted by atomic mass is 10.4. The predicted octanol–water partition coefficient (Wildman–Crippen LogP) is 3.03. The zero-order valence-corrected chi connectivity index (χ0v) is 8.63. The Morgan fingerprint density at radius 1 is 1.33 bits per heavy atom. The van der Waals surface area contributed by atoms with Crippen molar-refractivity contribution in [2.45, 2.75) is 4.90 Å². The number of rotatable bonds is 1. The van der Waals surface area contributed by atoms with Crippen molar-refractivity contribution in [2.75, 3.05) is 6.26 Å². The Kier molecular flexibility index (Phi) is 2.66. The van der Waals surface area contributed by atoms with E-state index in [0.717, 1.165) is 0 Å². The van der Waals surface area contributed by atoms with E-state index >= 15 is 0 Å². The summed E-state index contributed by atoms with van der Waals surface area (Å²) >= 11 is 11.5. The Morgan fingerprint density at radius 3 is 2.00 bits per heavy atom. The summed E-state index contributed by atoms with van der Waals surface area (Å²) in [5.41, 5.74) is 0. The average Bonchev–Trinajstić information content (AvgIpc) is 1.82. The van der Waals surface area contributed by atoms with Gasteiger partial charge < -0.3 is 0 Å². The van der Waals surface area contributed by atoms with Gasteiger partial charge in [0.1, 0.15) is 0 Å². The smallest absolute Gasteiger partial charge is 0.0841 e. The summed E-state index contributed by atoms with van der Waals surface area (Å²) in [5.74, 6) is 0. The third kappa shape index (κ3) is 1.91. The molecule has 1 aromatic carbocycles. The summed E-state index contributed by atoms with van der Waals surface area (Å²) in [6, 6.07) is 4.79. The topological polar surface area (TPSA) is 40.9 Å². The fourth-order valence-corrected chi connectivity index (χ4v) is 3.02. The molecule has 0 spiro atoms. The minimum Gasteiger partial charge on any atom is -0.249 e. The molecule has 66 valence electrons. The predicted molar refractivity (Wildman–Crippen MR) is 51.5 cm³/mol. The van der Waals surface area contributed by atoms with E-state index in [1.165, 1.54) is 6.26 Å². The third-order valence-electron chi connectivity index (χ3n) is 1.31.